The van der Waals surface area contributed by atoms with E-state index in [-0.39, 0.29) is 41.5 Å². The molecule has 79 heavy (non-hydrogen) atoms. The Bertz CT molecular complexity index is 3520. The fraction of sp³-hybridized carbons (Fsp3) is 0.368. The highest BCUT2D eigenvalue weighted by Gasteiger charge is 2.23. The number of amides is 2. The van der Waals surface area contributed by atoms with Gasteiger partial charge in [0.25, 0.3) is 0 Å². The molecule has 6 rings (SSSR count). The van der Waals surface area contributed by atoms with Crippen LogP contribution in [0.1, 0.15) is 95.9 Å². The molecule has 0 bridgehead atoms. The van der Waals surface area contributed by atoms with E-state index in [9.17, 15) is 45.5 Å². The highest BCUT2D eigenvalue weighted by atomic mass is 32.2. The molecule has 0 atom stereocenters. The number of esters is 1. The quantitative estimate of drug-likeness (QED) is 0.0540. The van der Waals surface area contributed by atoms with Gasteiger partial charge in [-0.05, 0) is 163 Å². The van der Waals surface area contributed by atoms with Gasteiger partial charge in [-0.25, -0.2) is 53.4 Å². The van der Waals surface area contributed by atoms with E-state index in [4.69, 9.17) is 14.2 Å². The van der Waals surface area contributed by atoms with E-state index in [0.29, 0.717) is 29.3 Å². The predicted molar refractivity (Wildman–Crippen MR) is 299 cm³/mol. The van der Waals surface area contributed by atoms with Crippen LogP contribution in [-0.4, -0.2) is 123 Å². The minimum Gasteiger partial charge on any atom is -0.478 e. The number of carboxylic acids is 1. The van der Waals surface area contributed by atoms with E-state index in [0.717, 1.165) is 53.2 Å². The summed E-state index contributed by atoms with van der Waals surface area (Å²) in [7, 11) is 0.0362. The lowest BCUT2D eigenvalue weighted by Crippen LogP contribution is -2.32. The number of rotatable bonds is 18. The standard InChI is InChI=1S/C29H36FN3O6S.C28H34FN3O6S/c1-19-24(16-20-8-11-23(12-9-20)40(36,37)32(5)6)25-17-21(27(34)38-7)10-13-26(25)33(19)18-22(30)14-15-31-28(35)39-29(2,3)4;1-18-23(15-19-7-10-22(11-8-19)39(36,37)31(5)6)24-16-20(26(33)34)9-12-25(24)32(18)17-21(29)13-14-30-27(35)38-28(2,3)4/h8-14,17H,15-16,18H2,1-7H3,(H,31,35);7-13,16H,14-15,17H2,1-6H3,(H,30,35)(H,33,34)/b22-14-;21-13-. The number of carbonyl (C=O) groups excluding carboxylic acids is 3. The Morgan fingerprint density at radius 1 is 0.595 bits per heavy atom. The number of aromatic nitrogens is 2. The van der Waals surface area contributed by atoms with Gasteiger partial charge in [0.1, 0.15) is 22.9 Å². The van der Waals surface area contributed by atoms with E-state index in [2.05, 4.69) is 10.6 Å². The molecule has 2 aromatic heterocycles. The van der Waals surface area contributed by atoms with Crippen LogP contribution in [0.25, 0.3) is 21.8 Å². The number of carboxylic acid groups (broad SMARTS) is 1. The Balaban J connectivity index is 0.000000291. The zero-order chi connectivity index (χ0) is 58.9. The average molecular weight is 1130 g/mol. The zero-order valence-electron chi connectivity index (χ0n) is 46.8. The summed E-state index contributed by atoms with van der Waals surface area (Å²) < 4.78 is 101. The second kappa shape index (κ2) is 25.6. The number of alkyl carbamates (subject to hydrolysis) is 2. The van der Waals surface area contributed by atoms with Crippen LogP contribution >= 0.6 is 0 Å². The summed E-state index contributed by atoms with van der Waals surface area (Å²) in [4.78, 5) is 47.9. The van der Waals surface area contributed by atoms with Crippen molar-refractivity contribution in [1.29, 1.82) is 0 Å². The predicted octanol–water partition coefficient (Wildman–Crippen LogP) is 9.82. The third-order valence-corrected chi connectivity index (χ3v) is 16.0. The SMILES string of the molecule is COC(=O)c1ccc2c(c1)c(Cc1ccc(S(=O)(=O)N(C)C)cc1)c(C)n2C/C(F)=C/CNC(=O)OC(C)(C)C.Cc1c(Cc2ccc(S(=O)(=O)N(C)C)cc2)c2cc(C(=O)O)ccc2n1C/C(F)=C/CNC(=O)OC(C)(C)C. The molecule has 22 heteroatoms. The van der Waals surface area contributed by atoms with Crippen molar-refractivity contribution in [1.82, 2.24) is 28.4 Å². The van der Waals surface area contributed by atoms with Crippen molar-refractivity contribution in [3.63, 3.8) is 0 Å². The second-order valence-electron chi connectivity index (χ2n) is 20.8. The Morgan fingerprint density at radius 2 is 0.949 bits per heavy atom. The molecule has 2 heterocycles. The van der Waals surface area contributed by atoms with E-state index < -0.39 is 67.0 Å². The summed E-state index contributed by atoms with van der Waals surface area (Å²) in [5.41, 5.74) is 5.36. The van der Waals surface area contributed by atoms with Crippen LogP contribution in [0.5, 0.6) is 0 Å². The Kier molecular flexibility index (Phi) is 20.2. The summed E-state index contributed by atoms with van der Waals surface area (Å²) in [6.45, 7) is 13.8. The molecule has 0 aliphatic carbocycles. The number of aromatic carboxylic acids is 1. The lowest BCUT2D eigenvalue weighted by Gasteiger charge is -2.19. The number of nitrogens with one attached hydrogen (secondary N) is 2. The molecule has 18 nitrogen and oxygen atoms in total. The van der Waals surface area contributed by atoms with Crippen molar-refractivity contribution >= 4 is 66.0 Å². The first kappa shape index (κ1) is 62.4. The molecule has 0 unspecified atom stereocenters. The van der Waals surface area contributed by atoms with Gasteiger partial charge < -0.3 is 39.1 Å². The monoisotopic (exact) mass is 1130 g/mol. The van der Waals surface area contributed by atoms with Crippen LogP contribution in [0.3, 0.4) is 0 Å². The lowest BCUT2D eigenvalue weighted by molar-refractivity contribution is 0.0522. The fourth-order valence-corrected chi connectivity index (χ4v) is 10.1. The molecule has 4 aromatic carbocycles. The summed E-state index contributed by atoms with van der Waals surface area (Å²) in [5, 5.41) is 15.9. The molecule has 0 radical (unpaired) electrons. The third-order valence-electron chi connectivity index (χ3n) is 12.3. The first-order chi connectivity index (χ1) is 36.7. The highest BCUT2D eigenvalue weighted by Crippen LogP contribution is 2.33. The summed E-state index contributed by atoms with van der Waals surface area (Å²) in [5.74, 6) is -2.52. The minimum atomic E-state index is -3.57. The molecule has 0 saturated carbocycles. The van der Waals surface area contributed by atoms with Crippen molar-refractivity contribution in [3.8, 4) is 0 Å². The van der Waals surface area contributed by atoms with Gasteiger partial charge in [0.2, 0.25) is 20.0 Å². The van der Waals surface area contributed by atoms with Crippen molar-refractivity contribution in [2.24, 2.45) is 0 Å². The van der Waals surface area contributed by atoms with E-state index >= 15 is 4.39 Å². The first-order valence-electron chi connectivity index (χ1n) is 24.9. The van der Waals surface area contributed by atoms with Gasteiger partial charge in [0.15, 0.2) is 0 Å². The summed E-state index contributed by atoms with van der Waals surface area (Å²) in [6.07, 6.45) is 2.05. The van der Waals surface area contributed by atoms with Crippen molar-refractivity contribution in [2.45, 2.75) is 102 Å². The molecule has 2 amide bonds. The van der Waals surface area contributed by atoms with Crippen LogP contribution < -0.4 is 10.6 Å². The first-order valence-corrected chi connectivity index (χ1v) is 27.8. The van der Waals surface area contributed by atoms with Crippen LogP contribution in [0.15, 0.2) is 119 Å². The molecular weight excluding hydrogens is 1060 g/mol. The van der Waals surface area contributed by atoms with E-state index in [1.165, 1.54) is 65.7 Å². The number of hydrogen-bond acceptors (Lipinski definition) is 11. The van der Waals surface area contributed by atoms with Gasteiger partial charge >= 0.3 is 24.1 Å². The Labute approximate surface area is 460 Å². The highest BCUT2D eigenvalue weighted by molar-refractivity contribution is 7.89. The number of benzene rings is 4. The largest absolute Gasteiger partial charge is 0.478 e. The second-order valence-corrected chi connectivity index (χ2v) is 25.1. The molecule has 0 fully saturated rings. The van der Waals surface area contributed by atoms with Crippen molar-refractivity contribution in [2.75, 3.05) is 48.4 Å². The topological polar surface area (TPSA) is 225 Å². The number of hydrogen-bond donors (Lipinski definition) is 3. The summed E-state index contributed by atoms with van der Waals surface area (Å²) in [6, 6.07) is 22.8. The number of halogens is 2. The number of allylic oxidation sites excluding steroid dienone is 2. The van der Waals surface area contributed by atoms with Gasteiger partial charge in [0, 0.05) is 74.5 Å². The molecule has 3 N–H and O–H groups in total. The zero-order valence-corrected chi connectivity index (χ0v) is 48.4. The maximum Gasteiger partial charge on any atom is 0.407 e. The van der Waals surface area contributed by atoms with Gasteiger partial charge in [-0.15, -0.1) is 0 Å². The lowest BCUT2D eigenvalue weighted by atomic mass is 10.0. The van der Waals surface area contributed by atoms with Gasteiger partial charge in [0.05, 0.1) is 41.1 Å². The van der Waals surface area contributed by atoms with Crippen LogP contribution in [0.2, 0.25) is 0 Å². The number of methoxy groups -OCH3 is 1. The average Bonchev–Trinajstić information content (AvgIpc) is 3.89. The van der Waals surface area contributed by atoms with Gasteiger partial charge in [-0.3, -0.25) is 0 Å². The molecule has 0 aliphatic heterocycles. The normalized spacial score (nSPS) is 12.6. The van der Waals surface area contributed by atoms with E-state index in [1.54, 1.807) is 117 Å². The number of ether oxygens (including phenoxy) is 3. The molecular formula is C57H70F2N6O12S2. The number of carbonyl (C=O) groups is 4. The van der Waals surface area contributed by atoms with Crippen molar-refractivity contribution in [3.05, 3.63) is 154 Å². The molecule has 0 spiro atoms. The number of sulfonamides is 2. The maximum atomic E-state index is 15.0. The Hall–Kier alpha value is -7.40. The van der Waals surface area contributed by atoms with Crippen molar-refractivity contribution < 1.29 is 64.1 Å². The maximum absolute atomic E-state index is 15.0. The molecule has 426 valence electrons. The summed E-state index contributed by atoms with van der Waals surface area (Å²) >= 11 is 0. The van der Waals surface area contributed by atoms with Gasteiger partial charge in [-0.1, -0.05) is 24.3 Å². The molecule has 0 saturated heterocycles. The number of nitrogens with zero attached hydrogens (tertiary/aromatic N) is 4. The van der Waals surface area contributed by atoms with E-state index in [1.807, 2.05) is 13.8 Å². The van der Waals surface area contributed by atoms with Gasteiger partial charge in [-0.2, -0.15) is 0 Å². The number of fused-ring (bicyclic) bond motifs is 2. The third kappa shape index (κ3) is 16.3. The van der Waals surface area contributed by atoms with Crippen LogP contribution in [0, 0.1) is 13.8 Å². The van der Waals surface area contributed by atoms with Crippen LogP contribution in [-0.2, 0) is 60.2 Å². The Morgan fingerprint density at radius 3 is 1.28 bits per heavy atom. The molecule has 6 aromatic rings. The fourth-order valence-electron chi connectivity index (χ4n) is 8.27. The molecule has 0 aliphatic rings. The smallest absolute Gasteiger partial charge is 0.407 e. The van der Waals surface area contributed by atoms with Crippen LogP contribution in [0.4, 0.5) is 18.4 Å². The minimum absolute atomic E-state index is 0.0411.